The van der Waals surface area contributed by atoms with Gasteiger partial charge in [0, 0.05) is 24.2 Å². The number of rotatable bonds is 7. The fraction of sp³-hybridized carbons (Fsp3) is 0.300. The van der Waals surface area contributed by atoms with Crippen molar-refractivity contribution in [3.05, 3.63) is 52.1 Å². The van der Waals surface area contributed by atoms with Gasteiger partial charge in [-0.1, -0.05) is 12.1 Å². The van der Waals surface area contributed by atoms with Crippen molar-refractivity contribution in [1.82, 2.24) is 0 Å². The smallest absolute Gasteiger partial charge is 0.417 e. The molecule has 0 saturated heterocycles. The number of nitrogens with zero attached hydrogens (tertiary/aromatic N) is 1. The highest BCUT2D eigenvalue weighted by molar-refractivity contribution is 5.90. The number of esters is 1. The summed E-state index contributed by atoms with van der Waals surface area (Å²) < 4.78 is 51.7. The predicted octanol–water partition coefficient (Wildman–Crippen LogP) is 4.57. The lowest BCUT2D eigenvalue weighted by Crippen LogP contribution is -2.26. The molecule has 11 heteroatoms. The molecule has 0 spiro atoms. The van der Waals surface area contributed by atoms with Crippen molar-refractivity contribution in [1.29, 1.82) is 0 Å². The zero-order chi connectivity index (χ0) is 23.3. The fourth-order valence-electron chi connectivity index (χ4n) is 2.82. The number of hydrogen-bond donors (Lipinski definition) is 1. The molecule has 2 rings (SSSR count). The van der Waals surface area contributed by atoms with Gasteiger partial charge in [-0.2, -0.15) is 13.2 Å². The Balaban J connectivity index is 2.72. The van der Waals surface area contributed by atoms with Crippen LogP contribution in [0.25, 0.3) is 11.1 Å². The van der Waals surface area contributed by atoms with Crippen molar-refractivity contribution in [3.63, 3.8) is 0 Å². The fourth-order valence-corrected chi connectivity index (χ4v) is 2.82. The summed E-state index contributed by atoms with van der Waals surface area (Å²) in [6.07, 6.45) is -6.13. The van der Waals surface area contributed by atoms with Crippen LogP contribution in [0.1, 0.15) is 26.3 Å². The van der Waals surface area contributed by atoms with Gasteiger partial charge in [0.1, 0.15) is 11.3 Å². The zero-order valence-corrected chi connectivity index (χ0v) is 16.8. The van der Waals surface area contributed by atoms with E-state index in [9.17, 15) is 32.9 Å². The standard InChI is InChI=1S/C20H19F3N2O6/c1-4-30-19(27)11(2)31-17-7-5-6-16(25(28)29)18(17)14-9-8-13(24-12(3)26)10-15(14)20(21,22)23/h5-11H,4H2,1-3H3,(H,24,26). The molecule has 166 valence electrons. The second kappa shape index (κ2) is 9.45. The van der Waals surface area contributed by atoms with Crippen LogP contribution in [0.5, 0.6) is 5.75 Å². The maximum absolute atomic E-state index is 13.8. The van der Waals surface area contributed by atoms with Crippen LogP contribution in [0.15, 0.2) is 36.4 Å². The van der Waals surface area contributed by atoms with E-state index in [0.717, 1.165) is 19.1 Å². The third-order valence-electron chi connectivity index (χ3n) is 4.04. The predicted molar refractivity (Wildman–Crippen MR) is 105 cm³/mol. The Hall–Kier alpha value is -3.63. The number of benzene rings is 2. The van der Waals surface area contributed by atoms with Gasteiger partial charge in [0.2, 0.25) is 5.91 Å². The van der Waals surface area contributed by atoms with Gasteiger partial charge < -0.3 is 14.8 Å². The lowest BCUT2D eigenvalue weighted by Gasteiger charge is -2.19. The van der Waals surface area contributed by atoms with Crippen LogP contribution in [0.4, 0.5) is 24.5 Å². The van der Waals surface area contributed by atoms with Gasteiger partial charge in [-0.15, -0.1) is 0 Å². The summed E-state index contributed by atoms with van der Waals surface area (Å²) in [6, 6.07) is 6.33. The third-order valence-corrected chi connectivity index (χ3v) is 4.04. The van der Waals surface area contributed by atoms with Crippen LogP contribution in [-0.4, -0.2) is 29.5 Å². The van der Waals surface area contributed by atoms with Crippen LogP contribution < -0.4 is 10.1 Å². The first kappa shape index (κ1) is 23.6. The molecule has 1 unspecified atom stereocenters. The maximum Gasteiger partial charge on any atom is 0.417 e. The molecule has 0 heterocycles. The van der Waals surface area contributed by atoms with Crippen LogP contribution in [-0.2, 0) is 20.5 Å². The summed E-state index contributed by atoms with van der Waals surface area (Å²) in [7, 11) is 0. The number of carbonyl (C=O) groups is 2. The molecule has 0 fully saturated rings. The van der Waals surface area contributed by atoms with E-state index in [1.54, 1.807) is 6.92 Å². The molecule has 1 atom stereocenters. The van der Waals surface area contributed by atoms with Crippen LogP contribution in [0.3, 0.4) is 0 Å². The number of amides is 1. The normalized spacial score (nSPS) is 12.1. The van der Waals surface area contributed by atoms with Crippen molar-refractivity contribution >= 4 is 23.3 Å². The molecule has 0 aliphatic rings. The first-order chi connectivity index (χ1) is 14.5. The second-order valence-electron chi connectivity index (χ2n) is 6.36. The topological polar surface area (TPSA) is 108 Å². The molecule has 31 heavy (non-hydrogen) atoms. The summed E-state index contributed by atoms with van der Waals surface area (Å²) in [5.74, 6) is -1.66. The Kier molecular flexibility index (Phi) is 7.21. The van der Waals surface area contributed by atoms with Gasteiger partial charge in [0.15, 0.2) is 6.10 Å². The molecule has 0 saturated carbocycles. The van der Waals surface area contributed by atoms with Crippen molar-refractivity contribution in [2.75, 3.05) is 11.9 Å². The molecular formula is C20H19F3N2O6. The number of hydrogen-bond acceptors (Lipinski definition) is 6. The molecule has 2 aromatic rings. The third kappa shape index (κ3) is 5.71. The number of anilines is 1. The molecule has 0 radical (unpaired) electrons. The largest absolute Gasteiger partial charge is 0.478 e. The first-order valence-corrected chi connectivity index (χ1v) is 9.05. The molecule has 1 N–H and O–H groups in total. The average Bonchev–Trinajstić information content (AvgIpc) is 2.67. The van der Waals surface area contributed by atoms with E-state index >= 15 is 0 Å². The highest BCUT2D eigenvalue weighted by Gasteiger charge is 2.37. The van der Waals surface area contributed by atoms with Gasteiger partial charge in [-0.25, -0.2) is 4.79 Å². The van der Waals surface area contributed by atoms with Crippen molar-refractivity contribution < 1.29 is 37.2 Å². The Morgan fingerprint density at radius 3 is 2.45 bits per heavy atom. The number of carbonyl (C=O) groups excluding carboxylic acids is 2. The first-order valence-electron chi connectivity index (χ1n) is 9.05. The number of alkyl halides is 3. The van der Waals surface area contributed by atoms with Gasteiger partial charge >= 0.3 is 12.1 Å². The minimum absolute atomic E-state index is 0.0527. The Morgan fingerprint density at radius 1 is 1.23 bits per heavy atom. The minimum Gasteiger partial charge on any atom is -0.478 e. The summed E-state index contributed by atoms with van der Waals surface area (Å²) in [5.41, 5.74) is -3.00. The molecule has 0 aliphatic carbocycles. The molecule has 0 aromatic heterocycles. The highest BCUT2D eigenvalue weighted by Crippen LogP contribution is 2.45. The van der Waals surface area contributed by atoms with Gasteiger partial charge in [0.05, 0.1) is 17.1 Å². The SMILES string of the molecule is CCOC(=O)C(C)Oc1cccc([N+](=O)[O-])c1-c1ccc(NC(C)=O)cc1C(F)(F)F. The molecule has 0 aliphatic heterocycles. The second-order valence-corrected chi connectivity index (χ2v) is 6.36. The van der Waals surface area contributed by atoms with Gasteiger partial charge in [-0.05, 0) is 32.0 Å². The van der Waals surface area contributed by atoms with Crippen molar-refractivity contribution in [2.45, 2.75) is 33.1 Å². The molecule has 2 aromatic carbocycles. The Morgan fingerprint density at radius 2 is 1.90 bits per heavy atom. The van der Waals surface area contributed by atoms with Crippen LogP contribution in [0, 0.1) is 10.1 Å². The average molecular weight is 440 g/mol. The number of halogens is 3. The summed E-state index contributed by atoms with van der Waals surface area (Å²) in [6.45, 7) is 4.06. The van der Waals surface area contributed by atoms with Crippen molar-refractivity contribution in [2.24, 2.45) is 0 Å². The Bertz CT molecular complexity index is 1010. The van der Waals surface area contributed by atoms with E-state index in [-0.39, 0.29) is 18.0 Å². The van der Waals surface area contributed by atoms with E-state index in [2.05, 4.69) is 5.32 Å². The number of nitrogens with one attached hydrogen (secondary N) is 1. The van der Waals surface area contributed by atoms with Crippen LogP contribution >= 0.6 is 0 Å². The monoisotopic (exact) mass is 440 g/mol. The zero-order valence-electron chi connectivity index (χ0n) is 16.8. The minimum atomic E-state index is -4.91. The molecular weight excluding hydrogens is 421 g/mol. The number of ether oxygens (including phenoxy) is 2. The highest BCUT2D eigenvalue weighted by atomic mass is 19.4. The quantitative estimate of drug-likeness (QED) is 0.384. The lowest BCUT2D eigenvalue weighted by molar-refractivity contribution is -0.384. The van der Waals surface area contributed by atoms with E-state index in [4.69, 9.17) is 9.47 Å². The van der Waals surface area contributed by atoms with E-state index in [1.807, 2.05) is 0 Å². The van der Waals surface area contributed by atoms with Gasteiger partial charge in [-0.3, -0.25) is 14.9 Å². The summed E-state index contributed by atoms with van der Waals surface area (Å²) >= 11 is 0. The summed E-state index contributed by atoms with van der Waals surface area (Å²) in [5, 5.41) is 13.8. The summed E-state index contributed by atoms with van der Waals surface area (Å²) in [4.78, 5) is 33.8. The van der Waals surface area contributed by atoms with E-state index in [0.29, 0.717) is 6.07 Å². The van der Waals surface area contributed by atoms with Crippen molar-refractivity contribution in [3.8, 4) is 16.9 Å². The molecule has 8 nitrogen and oxygen atoms in total. The number of nitro groups is 1. The van der Waals surface area contributed by atoms with E-state index in [1.165, 1.54) is 25.1 Å². The number of nitro benzene ring substituents is 1. The lowest BCUT2D eigenvalue weighted by atomic mass is 9.96. The molecule has 0 bridgehead atoms. The Labute approximate surface area is 175 Å². The maximum atomic E-state index is 13.8. The van der Waals surface area contributed by atoms with Crippen LogP contribution in [0.2, 0.25) is 0 Å². The molecule has 1 amide bonds. The van der Waals surface area contributed by atoms with E-state index < -0.39 is 51.5 Å². The van der Waals surface area contributed by atoms with Gasteiger partial charge in [0.25, 0.3) is 5.69 Å².